The molecule has 0 unspecified atom stereocenters. The fourth-order valence-corrected chi connectivity index (χ4v) is 3.10. The lowest BCUT2D eigenvalue weighted by molar-refractivity contribution is 0.451. The van der Waals surface area contributed by atoms with E-state index in [0.29, 0.717) is 5.41 Å². The summed E-state index contributed by atoms with van der Waals surface area (Å²) in [5.74, 6) is 1.16. The molecule has 0 amide bonds. The van der Waals surface area contributed by atoms with Gasteiger partial charge in [-0.2, -0.15) is 0 Å². The van der Waals surface area contributed by atoms with Crippen molar-refractivity contribution in [2.75, 3.05) is 6.54 Å². The van der Waals surface area contributed by atoms with Crippen molar-refractivity contribution in [3.05, 3.63) is 41.7 Å². The van der Waals surface area contributed by atoms with E-state index in [2.05, 4.69) is 47.1 Å². The maximum atomic E-state index is 4.93. The zero-order chi connectivity index (χ0) is 13.6. The SMILES string of the molecule is CC1(Cn2c(-c3ccccc3)nc3c2CCNC3)CC1. The second-order valence-electron chi connectivity index (χ2n) is 6.52. The van der Waals surface area contributed by atoms with Gasteiger partial charge >= 0.3 is 0 Å². The third-order valence-electron chi connectivity index (χ3n) is 4.66. The Kier molecular flexibility index (Phi) is 2.71. The highest BCUT2D eigenvalue weighted by Crippen LogP contribution is 2.47. The number of aromatic nitrogens is 2. The van der Waals surface area contributed by atoms with Gasteiger partial charge in [0.1, 0.15) is 5.82 Å². The Morgan fingerprint density at radius 3 is 2.80 bits per heavy atom. The van der Waals surface area contributed by atoms with E-state index in [0.717, 1.165) is 31.9 Å². The van der Waals surface area contributed by atoms with Crippen LogP contribution in [0.15, 0.2) is 30.3 Å². The van der Waals surface area contributed by atoms with Gasteiger partial charge in [0.05, 0.1) is 5.69 Å². The number of rotatable bonds is 3. The van der Waals surface area contributed by atoms with Gasteiger partial charge in [0, 0.05) is 37.3 Å². The quantitative estimate of drug-likeness (QED) is 0.926. The largest absolute Gasteiger partial charge is 0.327 e. The van der Waals surface area contributed by atoms with E-state index in [1.807, 2.05) is 0 Å². The average molecular weight is 267 g/mol. The first kappa shape index (κ1) is 12.2. The van der Waals surface area contributed by atoms with E-state index in [-0.39, 0.29) is 0 Å². The summed E-state index contributed by atoms with van der Waals surface area (Å²) >= 11 is 0. The predicted molar refractivity (Wildman–Crippen MR) is 80.4 cm³/mol. The lowest BCUT2D eigenvalue weighted by Crippen LogP contribution is -2.25. The van der Waals surface area contributed by atoms with Crippen LogP contribution in [0.3, 0.4) is 0 Å². The molecule has 3 nitrogen and oxygen atoms in total. The molecule has 0 spiro atoms. The van der Waals surface area contributed by atoms with Crippen LogP contribution in [-0.2, 0) is 19.5 Å². The minimum absolute atomic E-state index is 0.503. The molecule has 4 rings (SSSR count). The molecule has 0 radical (unpaired) electrons. The molecule has 1 fully saturated rings. The molecule has 20 heavy (non-hydrogen) atoms. The van der Waals surface area contributed by atoms with Gasteiger partial charge in [-0.25, -0.2) is 4.98 Å². The first-order valence-electron chi connectivity index (χ1n) is 7.60. The van der Waals surface area contributed by atoms with E-state index in [1.165, 1.54) is 29.8 Å². The van der Waals surface area contributed by atoms with Gasteiger partial charge in [0.15, 0.2) is 0 Å². The smallest absolute Gasteiger partial charge is 0.140 e. The highest BCUT2D eigenvalue weighted by molar-refractivity contribution is 5.57. The van der Waals surface area contributed by atoms with Crippen molar-refractivity contribution in [1.82, 2.24) is 14.9 Å². The summed E-state index contributed by atoms with van der Waals surface area (Å²) in [6.07, 6.45) is 3.81. The zero-order valence-corrected chi connectivity index (χ0v) is 12.0. The summed E-state index contributed by atoms with van der Waals surface area (Å²) in [4.78, 5) is 4.93. The molecule has 1 aliphatic carbocycles. The minimum atomic E-state index is 0.503. The summed E-state index contributed by atoms with van der Waals surface area (Å²) in [6, 6.07) is 10.6. The number of hydrogen-bond acceptors (Lipinski definition) is 2. The van der Waals surface area contributed by atoms with Crippen LogP contribution in [0.5, 0.6) is 0 Å². The number of fused-ring (bicyclic) bond motifs is 1. The van der Waals surface area contributed by atoms with Crippen LogP contribution in [0.25, 0.3) is 11.4 Å². The Balaban J connectivity index is 1.82. The van der Waals surface area contributed by atoms with E-state index < -0.39 is 0 Å². The molecule has 104 valence electrons. The molecule has 0 atom stereocenters. The number of benzene rings is 1. The predicted octanol–water partition coefficient (Wildman–Crippen LogP) is 3.00. The Hall–Kier alpha value is -1.61. The number of nitrogens with zero attached hydrogens (tertiary/aromatic N) is 2. The molecule has 1 saturated carbocycles. The molecule has 0 saturated heterocycles. The van der Waals surface area contributed by atoms with E-state index in [4.69, 9.17) is 4.98 Å². The Labute approximate surface area is 120 Å². The van der Waals surface area contributed by atoms with Crippen LogP contribution in [0.4, 0.5) is 0 Å². The maximum Gasteiger partial charge on any atom is 0.140 e. The zero-order valence-electron chi connectivity index (χ0n) is 12.0. The topological polar surface area (TPSA) is 29.9 Å². The molecule has 1 aliphatic heterocycles. The number of imidazole rings is 1. The Morgan fingerprint density at radius 1 is 1.25 bits per heavy atom. The maximum absolute atomic E-state index is 4.93. The molecule has 3 heteroatoms. The van der Waals surface area contributed by atoms with Crippen LogP contribution in [0, 0.1) is 5.41 Å². The fourth-order valence-electron chi connectivity index (χ4n) is 3.10. The van der Waals surface area contributed by atoms with E-state index in [9.17, 15) is 0 Å². The summed E-state index contributed by atoms with van der Waals surface area (Å²) < 4.78 is 2.50. The van der Waals surface area contributed by atoms with Crippen molar-refractivity contribution >= 4 is 0 Å². The van der Waals surface area contributed by atoms with Crippen LogP contribution in [-0.4, -0.2) is 16.1 Å². The fraction of sp³-hybridized carbons (Fsp3) is 0.471. The molecule has 2 heterocycles. The van der Waals surface area contributed by atoms with Crippen LogP contribution >= 0.6 is 0 Å². The van der Waals surface area contributed by atoms with Gasteiger partial charge in [-0.05, 0) is 18.3 Å². The highest BCUT2D eigenvalue weighted by atomic mass is 15.1. The molecular weight excluding hydrogens is 246 g/mol. The second kappa shape index (κ2) is 4.45. The first-order chi connectivity index (χ1) is 9.75. The van der Waals surface area contributed by atoms with Gasteiger partial charge in [0.2, 0.25) is 0 Å². The molecule has 1 N–H and O–H groups in total. The monoisotopic (exact) mass is 267 g/mol. The van der Waals surface area contributed by atoms with Crippen molar-refractivity contribution < 1.29 is 0 Å². The number of hydrogen-bond donors (Lipinski definition) is 1. The standard InChI is InChI=1S/C17H21N3/c1-17(8-9-17)12-20-15-7-10-18-11-14(15)19-16(20)13-5-3-2-4-6-13/h2-6,18H,7-12H2,1H3. The molecular formula is C17H21N3. The molecule has 1 aromatic heterocycles. The van der Waals surface area contributed by atoms with Gasteiger partial charge < -0.3 is 9.88 Å². The molecule has 1 aromatic carbocycles. The van der Waals surface area contributed by atoms with Crippen LogP contribution < -0.4 is 5.32 Å². The lowest BCUT2D eigenvalue weighted by Gasteiger charge is -2.19. The first-order valence-corrected chi connectivity index (χ1v) is 7.60. The summed E-state index contributed by atoms with van der Waals surface area (Å²) in [5.41, 5.74) is 4.45. The molecule has 0 bridgehead atoms. The second-order valence-corrected chi connectivity index (χ2v) is 6.52. The van der Waals surface area contributed by atoms with Crippen LogP contribution in [0.1, 0.15) is 31.2 Å². The minimum Gasteiger partial charge on any atom is -0.327 e. The van der Waals surface area contributed by atoms with Crippen molar-refractivity contribution in [3.8, 4) is 11.4 Å². The van der Waals surface area contributed by atoms with Gasteiger partial charge in [-0.1, -0.05) is 37.3 Å². The lowest BCUT2D eigenvalue weighted by atomic mass is 10.1. The van der Waals surface area contributed by atoms with Gasteiger partial charge in [-0.3, -0.25) is 0 Å². The summed E-state index contributed by atoms with van der Waals surface area (Å²) in [6.45, 7) is 5.51. The Morgan fingerprint density at radius 2 is 2.05 bits per heavy atom. The number of nitrogens with one attached hydrogen (secondary N) is 1. The van der Waals surface area contributed by atoms with Crippen LogP contribution in [0.2, 0.25) is 0 Å². The van der Waals surface area contributed by atoms with Crippen molar-refractivity contribution in [3.63, 3.8) is 0 Å². The summed E-state index contributed by atoms with van der Waals surface area (Å²) in [7, 11) is 0. The highest BCUT2D eigenvalue weighted by Gasteiger charge is 2.39. The van der Waals surface area contributed by atoms with Crippen molar-refractivity contribution in [2.24, 2.45) is 5.41 Å². The normalized spacial score (nSPS) is 19.6. The van der Waals surface area contributed by atoms with Gasteiger partial charge in [0.25, 0.3) is 0 Å². The third-order valence-corrected chi connectivity index (χ3v) is 4.66. The molecule has 2 aromatic rings. The average Bonchev–Trinajstić information content (AvgIpc) is 3.10. The summed E-state index contributed by atoms with van der Waals surface area (Å²) in [5, 5.41) is 3.44. The van der Waals surface area contributed by atoms with Crippen molar-refractivity contribution in [1.29, 1.82) is 0 Å². The third kappa shape index (κ3) is 2.06. The van der Waals surface area contributed by atoms with E-state index in [1.54, 1.807) is 0 Å². The van der Waals surface area contributed by atoms with E-state index >= 15 is 0 Å². The Bertz CT molecular complexity index is 623. The molecule has 2 aliphatic rings. The van der Waals surface area contributed by atoms with Crippen molar-refractivity contribution in [2.45, 2.75) is 39.3 Å². The van der Waals surface area contributed by atoms with Gasteiger partial charge in [-0.15, -0.1) is 0 Å².